The number of sulfonamides is 1. The Bertz CT molecular complexity index is 448. The molecule has 0 aliphatic carbocycles. The molecule has 0 spiro atoms. The summed E-state index contributed by atoms with van der Waals surface area (Å²) in [5.74, 6) is 0.813. The van der Waals surface area contributed by atoms with E-state index in [0.29, 0.717) is 18.8 Å². The van der Waals surface area contributed by atoms with Crippen molar-refractivity contribution in [1.29, 1.82) is 0 Å². The largest absolute Gasteiger partial charge is 0.214 e. The Morgan fingerprint density at radius 2 is 1.79 bits per heavy atom. The number of halogens is 1. The number of hydrogen-bond acceptors (Lipinski definition) is 2. The molecule has 0 bridgehead atoms. The van der Waals surface area contributed by atoms with E-state index in [9.17, 15) is 8.42 Å². The fraction of sp³-hybridized carbons (Fsp3) is 0.571. The first-order valence-electron chi connectivity index (χ1n) is 6.60. The molecular weight excluding hydrogens is 282 g/mol. The highest BCUT2D eigenvalue weighted by molar-refractivity contribution is 7.89. The van der Waals surface area contributed by atoms with Gasteiger partial charge in [-0.25, -0.2) is 12.7 Å². The van der Waals surface area contributed by atoms with Crippen LogP contribution in [0.3, 0.4) is 0 Å². The molecule has 1 rings (SSSR count). The average Bonchev–Trinajstić information content (AvgIpc) is 2.42. The highest BCUT2D eigenvalue weighted by atomic mass is 35.5. The molecule has 0 radical (unpaired) electrons. The minimum atomic E-state index is -3.15. The van der Waals surface area contributed by atoms with Gasteiger partial charge >= 0.3 is 0 Å². The molecule has 0 saturated heterocycles. The van der Waals surface area contributed by atoms with Gasteiger partial charge in [-0.2, -0.15) is 0 Å². The van der Waals surface area contributed by atoms with E-state index >= 15 is 0 Å². The van der Waals surface area contributed by atoms with Crippen molar-refractivity contribution in [2.45, 2.75) is 25.7 Å². The first-order valence-corrected chi connectivity index (χ1v) is 8.74. The topological polar surface area (TPSA) is 37.4 Å². The van der Waals surface area contributed by atoms with Crippen LogP contribution in [0.25, 0.3) is 0 Å². The van der Waals surface area contributed by atoms with E-state index in [1.165, 1.54) is 4.31 Å². The van der Waals surface area contributed by atoms with Crippen molar-refractivity contribution in [3.8, 4) is 0 Å². The van der Waals surface area contributed by atoms with Crippen molar-refractivity contribution in [2.75, 3.05) is 25.2 Å². The molecule has 108 valence electrons. The van der Waals surface area contributed by atoms with Gasteiger partial charge in [-0.3, -0.25) is 0 Å². The average molecular weight is 304 g/mol. The van der Waals surface area contributed by atoms with Gasteiger partial charge in [0.05, 0.1) is 5.75 Å². The summed E-state index contributed by atoms with van der Waals surface area (Å²) in [5.41, 5.74) is 1.06. The summed E-state index contributed by atoms with van der Waals surface area (Å²) in [6, 6.07) is 9.70. The Hall–Kier alpha value is -0.580. The molecule has 19 heavy (non-hydrogen) atoms. The van der Waals surface area contributed by atoms with Crippen LogP contribution in [-0.4, -0.2) is 37.9 Å². The van der Waals surface area contributed by atoms with Crippen LogP contribution in [0.5, 0.6) is 0 Å². The summed E-state index contributed by atoms with van der Waals surface area (Å²) in [6.07, 6.45) is 3.35. The van der Waals surface area contributed by atoms with Gasteiger partial charge in [-0.1, -0.05) is 36.8 Å². The van der Waals surface area contributed by atoms with Crippen LogP contribution in [0, 0.1) is 0 Å². The van der Waals surface area contributed by atoms with Crippen LogP contribution in [0.2, 0.25) is 0 Å². The van der Waals surface area contributed by atoms with Crippen LogP contribution in [0.1, 0.15) is 24.8 Å². The number of aryl methyl sites for hydroxylation is 1. The first-order chi connectivity index (χ1) is 9.06. The van der Waals surface area contributed by atoms with E-state index in [-0.39, 0.29) is 5.75 Å². The fourth-order valence-electron chi connectivity index (χ4n) is 1.79. The van der Waals surface area contributed by atoms with E-state index in [1.54, 1.807) is 7.05 Å². The summed E-state index contributed by atoms with van der Waals surface area (Å²) >= 11 is 5.59. The van der Waals surface area contributed by atoms with Crippen molar-refractivity contribution in [3.05, 3.63) is 35.9 Å². The smallest absolute Gasteiger partial charge is 0.212 e. The number of rotatable bonds is 9. The van der Waals surface area contributed by atoms with E-state index in [1.807, 2.05) is 30.3 Å². The Morgan fingerprint density at radius 1 is 1.11 bits per heavy atom. The third kappa shape index (κ3) is 6.41. The van der Waals surface area contributed by atoms with Crippen molar-refractivity contribution in [2.24, 2.45) is 0 Å². The zero-order chi connectivity index (χ0) is 14.1. The predicted octanol–water partition coefficient (Wildman–Crippen LogP) is 2.90. The Balaban J connectivity index is 2.38. The standard InChI is InChI=1S/C14H22ClNO2S/c1-16(12-7-3-6-11-15)19(17,18)13-10-14-8-4-2-5-9-14/h2,4-5,8-9H,3,6-7,10-13H2,1H3. The Kier molecular flexibility index (Phi) is 7.42. The second kappa shape index (κ2) is 8.56. The maximum absolute atomic E-state index is 12.1. The van der Waals surface area contributed by atoms with Gasteiger partial charge in [0.15, 0.2) is 0 Å². The quantitative estimate of drug-likeness (QED) is 0.519. The molecule has 3 nitrogen and oxygen atoms in total. The summed E-state index contributed by atoms with van der Waals surface area (Å²) in [4.78, 5) is 0. The molecule has 0 saturated carbocycles. The molecule has 0 aliphatic heterocycles. The van der Waals surface area contributed by atoms with Crippen LogP contribution < -0.4 is 0 Å². The zero-order valence-electron chi connectivity index (χ0n) is 11.4. The molecule has 0 N–H and O–H groups in total. The molecule has 1 aromatic carbocycles. The molecule has 0 atom stereocenters. The van der Waals surface area contributed by atoms with Crippen molar-refractivity contribution in [1.82, 2.24) is 4.31 Å². The van der Waals surface area contributed by atoms with Crippen LogP contribution >= 0.6 is 11.6 Å². The van der Waals surface area contributed by atoms with Crippen molar-refractivity contribution < 1.29 is 8.42 Å². The summed E-state index contributed by atoms with van der Waals surface area (Å²) in [7, 11) is -1.49. The Morgan fingerprint density at radius 3 is 2.42 bits per heavy atom. The van der Waals surface area contributed by atoms with Gasteiger partial charge in [-0.15, -0.1) is 11.6 Å². The number of benzene rings is 1. The van der Waals surface area contributed by atoms with Gasteiger partial charge in [-0.05, 0) is 24.8 Å². The van der Waals surface area contributed by atoms with E-state index in [0.717, 1.165) is 24.8 Å². The van der Waals surface area contributed by atoms with Crippen LogP contribution in [0.15, 0.2) is 30.3 Å². The second-order valence-electron chi connectivity index (χ2n) is 4.62. The van der Waals surface area contributed by atoms with E-state index in [4.69, 9.17) is 11.6 Å². The molecule has 0 amide bonds. The molecule has 0 aromatic heterocycles. The third-order valence-corrected chi connectivity index (χ3v) is 5.19. The minimum Gasteiger partial charge on any atom is -0.212 e. The lowest BCUT2D eigenvalue weighted by molar-refractivity contribution is 0.454. The maximum Gasteiger partial charge on any atom is 0.214 e. The molecule has 0 unspecified atom stereocenters. The van der Waals surface area contributed by atoms with Gasteiger partial charge in [0, 0.05) is 19.5 Å². The fourth-order valence-corrected chi connectivity index (χ4v) is 3.19. The SMILES string of the molecule is CN(CCCCCCl)S(=O)(=O)CCc1ccccc1. The van der Waals surface area contributed by atoms with Gasteiger partial charge in [0.2, 0.25) is 10.0 Å². The van der Waals surface area contributed by atoms with Gasteiger partial charge in [0.25, 0.3) is 0 Å². The summed E-state index contributed by atoms with van der Waals surface area (Å²) < 4.78 is 25.6. The minimum absolute atomic E-state index is 0.170. The lowest BCUT2D eigenvalue weighted by atomic mass is 10.2. The Labute approximate surface area is 121 Å². The predicted molar refractivity (Wildman–Crippen MR) is 81.1 cm³/mol. The monoisotopic (exact) mass is 303 g/mol. The second-order valence-corrected chi connectivity index (χ2v) is 7.20. The third-order valence-electron chi connectivity index (χ3n) is 3.07. The lowest BCUT2D eigenvalue weighted by Gasteiger charge is -2.16. The summed E-state index contributed by atoms with van der Waals surface area (Å²) in [6.45, 7) is 0.577. The molecular formula is C14H22ClNO2S. The summed E-state index contributed by atoms with van der Waals surface area (Å²) in [5, 5.41) is 0. The van der Waals surface area contributed by atoms with Crippen LogP contribution in [0.4, 0.5) is 0 Å². The van der Waals surface area contributed by atoms with E-state index < -0.39 is 10.0 Å². The number of hydrogen-bond donors (Lipinski definition) is 0. The first kappa shape index (κ1) is 16.5. The maximum atomic E-state index is 12.1. The lowest BCUT2D eigenvalue weighted by Crippen LogP contribution is -2.30. The van der Waals surface area contributed by atoms with E-state index in [2.05, 4.69) is 0 Å². The number of nitrogens with zero attached hydrogens (tertiary/aromatic N) is 1. The highest BCUT2D eigenvalue weighted by Gasteiger charge is 2.16. The van der Waals surface area contributed by atoms with Crippen molar-refractivity contribution >= 4 is 21.6 Å². The number of alkyl halides is 1. The molecule has 5 heteroatoms. The van der Waals surface area contributed by atoms with Gasteiger partial charge in [0.1, 0.15) is 0 Å². The highest BCUT2D eigenvalue weighted by Crippen LogP contribution is 2.07. The number of unbranched alkanes of at least 4 members (excludes halogenated alkanes) is 2. The van der Waals surface area contributed by atoms with Crippen molar-refractivity contribution in [3.63, 3.8) is 0 Å². The molecule has 0 heterocycles. The molecule has 0 aliphatic rings. The molecule has 0 fully saturated rings. The molecule has 1 aromatic rings. The zero-order valence-corrected chi connectivity index (χ0v) is 13.0. The van der Waals surface area contributed by atoms with Gasteiger partial charge < -0.3 is 0 Å². The normalized spacial score (nSPS) is 11.9. The van der Waals surface area contributed by atoms with Crippen LogP contribution in [-0.2, 0) is 16.4 Å².